The normalized spacial score (nSPS) is 10.5. The maximum atomic E-state index is 10.7. The summed E-state index contributed by atoms with van der Waals surface area (Å²) in [6.45, 7) is 6.15. The lowest BCUT2D eigenvalue weighted by Crippen LogP contribution is -2.01. The second kappa shape index (κ2) is 4.49. The first kappa shape index (κ1) is 11.5. The Hall–Kier alpha value is -1.97. The van der Waals surface area contributed by atoms with Crippen LogP contribution in [0.1, 0.15) is 34.2 Å². The number of hydrogen-bond donors (Lipinski definition) is 0. The van der Waals surface area contributed by atoms with E-state index in [4.69, 9.17) is 0 Å². The lowest BCUT2D eigenvalue weighted by Gasteiger charge is -2.04. The van der Waals surface area contributed by atoms with Crippen molar-refractivity contribution in [2.45, 2.75) is 27.2 Å². The van der Waals surface area contributed by atoms with Crippen molar-refractivity contribution < 1.29 is 4.79 Å². The van der Waals surface area contributed by atoms with Gasteiger partial charge < -0.3 is 0 Å². The van der Waals surface area contributed by atoms with E-state index >= 15 is 0 Å². The zero-order chi connectivity index (χ0) is 12.4. The molecule has 0 aromatic carbocycles. The van der Waals surface area contributed by atoms with E-state index in [1.165, 1.54) is 5.56 Å². The average molecular weight is 229 g/mol. The van der Waals surface area contributed by atoms with E-state index in [1.54, 1.807) is 18.5 Å². The summed E-state index contributed by atoms with van der Waals surface area (Å²) in [4.78, 5) is 14.8. The van der Waals surface area contributed by atoms with Crippen LogP contribution in [0.25, 0.3) is 5.69 Å². The summed E-state index contributed by atoms with van der Waals surface area (Å²) in [5.41, 5.74) is 4.78. The highest BCUT2D eigenvalue weighted by molar-refractivity contribution is 5.75. The molecule has 2 heterocycles. The third-order valence-electron chi connectivity index (χ3n) is 2.92. The number of nitrogens with zero attached hydrogens (tertiary/aromatic N) is 3. The van der Waals surface area contributed by atoms with Gasteiger partial charge in [0.25, 0.3) is 0 Å². The van der Waals surface area contributed by atoms with Gasteiger partial charge in [0.2, 0.25) is 0 Å². The quantitative estimate of drug-likeness (QED) is 0.758. The molecule has 2 aromatic heterocycles. The van der Waals surface area contributed by atoms with E-state index in [9.17, 15) is 4.79 Å². The Labute approximate surface area is 100 Å². The predicted molar refractivity (Wildman–Crippen MR) is 65.6 cm³/mol. The summed E-state index contributed by atoms with van der Waals surface area (Å²) in [5, 5.41) is 4.49. The molecule has 0 aliphatic carbocycles. The molecule has 4 heteroatoms. The predicted octanol–water partition coefficient (Wildman–Crippen LogP) is 2.26. The average Bonchev–Trinajstić information content (AvgIpc) is 2.64. The number of carbonyl (C=O) groups excluding carboxylic acids is 1. The second-order valence-corrected chi connectivity index (χ2v) is 4.01. The van der Waals surface area contributed by atoms with Crippen molar-refractivity contribution in [3.05, 3.63) is 41.0 Å². The van der Waals surface area contributed by atoms with Crippen molar-refractivity contribution in [1.82, 2.24) is 14.8 Å². The van der Waals surface area contributed by atoms with E-state index < -0.39 is 0 Å². The number of aldehydes is 1. The molecule has 0 atom stereocenters. The van der Waals surface area contributed by atoms with Crippen LogP contribution in [0, 0.1) is 13.8 Å². The summed E-state index contributed by atoms with van der Waals surface area (Å²) in [5.74, 6) is 0. The number of pyridine rings is 1. The van der Waals surface area contributed by atoms with Gasteiger partial charge in [0.1, 0.15) is 0 Å². The van der Waals surface area contributed by atoms with Gasteiger partial charge in [0, 0.05) is 17.5 Å². The van der Waals surface area contributed by atoms with Crippen molar-refractivity contribution >= 4 is 6.29 Å². The van der Waals surface area contributed by atoms with Crippen molar-refractivity contribution in [3.8, 4) is 5.69 Å². The van der Waals surface area contributed by atoms with Crippen molar-refractivity contribution in [2.24, 2.45) is 0 Å². The van der Waals surface area contributed by atoms with Gasteiger partial charge in [0.05, 0.1) is 17.6 Å². The molecule has 0 amide bonds. The van der Waals surface area contributed by atoms with Gasteiger partial charge in [-0.05, 0) is 31.9 Å². The van der Waals surface area contributed by atoms with Gasteiger partial charge in [-0.2, -0.15) is 5.10 Å². The third-order valence-corrected chi connectivity index (χ3v) is 2.92. The molecule has 0 N–H and O–H groups in total. The summed E-state index contributed by atoms with van der Waals surface area (Å²) in [7, 11) is 0. The van der Waals surface area contributed by atoms with E-state index in [0.29, 0.717) is 5.56 Å². The van der Waals surface area contributed by atoms with Crippen molar-refractivity contribution in [3.63, 3.8) is 0 Å². The fraction of sp³-hybridized carbons (Fsp3) is 0.308. The Kier molecular flexibility index (Phi) is 3.04. The Balaban J connectivity index is 2.56. The van der Waals surface area contributed by atoms with Crippen LogP contribution in [0.3, 0.4) is 0 Å². The SMILES string of the molecule is CCc1c(C)nn(-c2cncc(C=O)c2)c1C. The Morgan fingerprint density at radius 1 is 1.35 bits per heavy atom. The van der Waals surface area contributed by atoms with Crippen LogP contribution in [0.4, 0.5) is 0 Å². The smallest absolute Gasteiger partial charge is 0.151 e. The van der Waals surface area contributed by atoms with E-state index in [1.807, 2.05) is 18.5 Å². The zero-order valence-corrected chi connectivity index (χ0v) is 10.3. The Morgan fingerprint density at radius 2 is 2.12 bits per heavy atom. The van der Waals surface area contributed by atoms with Crippen LogP contribution in [-0.2, 0) is 6.42 Å². The number of carbonyl (C=O) groups is 1. The first-order valence-electron chi connectivity index (χ1n) is 5.63. The molecule has 4 nitrogen and oxygen atoms in total. The van der Waals surface area contributed by atoms with Crippen LogP contribution in [0.15, 0.2) is 18.5 Å². The molecular formula is C13H15N3O. The molecule has 2 rings (SSSR count). The highest BCUT2D eigenvalue weighted by Gasteiger charge is 2.11. The first-order valence-corrected chi connectivity index (χ1v) is 5.63. The molecule has 0 spiro atoms. The Morgan fingerprint density at radius 3 is 2.71 bits per heavy atom. The van der Waals surface area contributed by atoms with Gasteiger partial charge in [-0.25, -0.2) is 4.68 Å². The van der Waals surface area contributed by atoms with E-state index in [2.05, 4.69) is 17.0 Å². The zero-order valence-electron chi connectivity index (χ0n) is 10.3. The lowest BCUT2D eigenvalue weighted by molar-refractivity contribution is 0.112. The fourth-order valence-electron chi connectivity index (χ4n) is 2.06. The molecule has 0 aliphatic heterocycles. The van der Waals surface area contributed by atoms with Crippen LogP contribution in [0.5, 0.6) is 0 Å². The summed E-state index contributed by atoms with van der Waals surface area (Å²) < 4.78 is 1.84. The van der Waals surface area contributed by atoms with Crippen LogP contribution in [-0.4, -0.2) is 21.1 Å². The molecule has 0 bridgehead atoms. The lowest BCUT2D eigenvalue weighted by atomic mass is 10.1. The highest BCUT2D eigenvalue weighted by atomic mass is 16.1. The minimum absolute atomic E-state index is 0.563. The standard InChI is InChI=1S/C13H15N3O/c1-4-13-9(2)15-16(10(13)3)12-5-11(8-17)6-14-7-12/h5-8H,4H2,1-3H3. The molecule has 0 radical (unpaired) electrons. The molecule has 0 fully saturated rings. The van der Waals surface area contributed by atoms with Crippen molar-refractivity contribution in [1.29, 1.82) is 0 Å². The molecule has 17 heavy (non-hydrogen) atoms. The topological polar surface area (TPSA) is 47.8 Å². The van der Waals surface area contributed by atoms with Gasteiger partial charge in [0.15, 0.2) is 6.29 Å². The fourth-order valence-corrected chi connectivity index (χ4v) is 2.06. The number of hydrogen-bond acceptors (Lipinski definition) is 3. The molecule has 0 saturated heterocycles. The molecule has 0 aliphatic rings. The molecule has 0 unspecified atom stereocenters. The highest BCUT2D eigenvalue weighted by Crippen LogP contribution is 2.18. The maximum absolute atomic E-state index is 10.7. The van der Waals surface area contributed by atoms with Gasteiger partial charge in [-0.15, -0.1) is 0 Å². The largest absolute Gasteiger partial charge is 0.298 e. The van der Waals surface area contributed by atoms with Gasteiger partial charge in [-0.3, -0.25) is 9.78 Å². The second-order valence-electron chi connectivity index (χ2n) is 4.01. The third kappa shape index (κ3) is 1.98. The van der Waals surface area contributed by atoms with E-state index in [-0.39, 0.29) is 0 Å². The summed E-state index contributed by atoms with van der Waals surface area (Å²) >= 11 is 0. The van der Waals surface area contributed by atoms with Gasteiger partial charge in [-0.1, -0.05) is 6.92 Å². The molecule has 2 aromatic rings. The van der Waals surface area contributed by atoms with Crippen LogP contribution in [0.2, 0.25) is 0 Å². The van der Waals surface area contributed by atoms with E-state index in [0.717, 1.165) is 29.8 Å². The molecular weight excluding hydrogens is 214 g/mol. The molecule has 0 saturated carbocycles. The monoisotopic (exact) mass is 229 g/mol. The van der Waals surface area contributed by atoms with Gasteiger partial charge >= 0.3 is 0 Å². The summed E-state index contributed by atoms with van der Waals surface area (Å²) in [6, 6.07) is 1.79. The van der Waals surface area contributed by atoms with Crippen molar-refractivity contribution in [2.75, 3.05) is 0 Å². The minimum atomic E-state index is 0.563. The van der Waals surface area contributed by atoms with Crippen LogP contribution >= 0.6 is 0 Å². The minimum Gasteiger partial charge on any atom is -0.298 e. The number of aryl methyl sites for hydroxylation is 1. The maximum Gasteiger partial charge on any atom is 0.151 e. The number of aromatic nitrogens is 3. The Bertz CT molecular complexity index is 558. The summed E-state index contributed by atoms with van der Waals surface area (Å²) in [6.07, 6.45) is 5.01. The molecule has 88 valence electrons. The number of rotatable bonds is 3. The first-order chi connectivity index (χ1) is 8.17. The van der Waals surface area contributed by atoms with Crippen LogP contribution < -0.4 is 0 Å².